The number of hydrogen-bond acceptors (Lipinski definition) is 2. The second-order valence-corrected chi connectivity index (χ2v) is 6.01. The fourth-order valence-electron chi connectivity index (χ4n) is 2.66. The number of rotatable bonds is 6. The summed E-state index contributed by atoms with van der Waals surface area (Å²) in [7, 11) is 0. The number of carbonyl (C=O) groups is 1. The minimum atomic E-state index is 0.193. The molecule has 1 N–H and O–H groups in total. The molecule has 0 aliphatic heterocycles. The van der Waals surface area contributed by atoms with Gasteiger partial charge < -0.3 is 4.90 Å². The Kier molecular flexibility index (Phi) is 5.36. The first kappa shape index (κ1) is 16.3. The van der Waals surface area contributed by atoms with Crippen LogP contribution in [-0.2, 0) is 17.8 Å². The largest absolute Gasteiger partial charge is 0.336 e. The average molecular weight is 299 g/mol. The Morgan fingerprint density at radius 3 is 2.45 bits per heavy atom. The second kappa shape index (κ2) is 7.25. The number of aromatic nitrogens is 2. The summed E-state index contributed by atoms with van der Waals surface area (Å²) in [5, 5.41) is 7.17. The lowest BCUT2D eigenvalue weighted by Crippen LogP contribution is -2.36. The zero-order valence-corrected chi connectivity index (χ0v) is 13.9. The first-order valence-electron chi connectivity index (χ1n) is 7.83. The highest BCUT2D eigenvalue weighted by Crippen LogP contribution is 2.15. The van der Waals surface area contributed by atoms with Crippen molar-refractivity contribution in [1.29, 1.82) is 0 Å². The van der Waals surface area contributed by atoms with Crippen molar-refractivity contribution in [2.45, 2.75) is 53.1 Å². The van der Waals surface area contributed by atoms with E-state index in [9.17, 15) is 4.79 Å². The summed E-state index contributed by atoms with van der Waals surface area (Å²) in [4.78, 5) is 14.5. The zero-order chi connectivity index (χ0) is 16.1. The predicted molar refractivity (Wildman–Crippen MR) is 88.5 cm³/mol. The Morgan fingerprint density at radius 2 is 1.91 bits per heavy atom. The minimum Gasteiger partial charge on any atom is -0.336 e. The van der Waals surface area contributed by atoms with E-state index < -0.39 is 0 Å². The van der Waals surface area contributed by atoms with Crippen molar-refractivity contribution >= 4 is 5.91 Å². The van der Waals surface area contributed by atoms with Gasteiger partial charge in [0.15, 0.2) is 0 Å². The third-order valence-electron chi connectivity index (χ3n) is 4.01. The zero-order valence-electron chi connectivity index (χ0n) is 13.9. The van der Waals surface area contributed by atoms with E-state index in [1.54, 1.807) is 0 Å². The van der Waals surface area contributed by atoms with Crippen molar-refractivity contribution in [1.82, 2.24) is 15.1 Å². The molecule has 0 aliphatic carbocycles. The van der Waals surface area contributed by atoms with Gasteiger partial charge in [-0.15, -0.1) is 0 Å². The Hall–Kier alpha value is -2.10. The molecule has 0 spiro atoms. The van der Waals surface area contributed by atoms with Gasteiger partial charge in [-0.05, 0) is 45.2 Å². The molecule has 2 rings (SSSR count). The van der Waals surface area contributed by atoms with E-state index in [0.29, 0.717) is 13.0 Å². The van der Waals surface area contributed by atoms with Crippen molar-refractivity contribution in [2.75, 3.05) is 0 Å². The average Bonchev–Trinajstić information content (AvgIpc) is 2.82. The van der Waals surface area contributed by atoms with Gasteiger partial charge in [0.05, 0.1) is 5.69 Å². The molecule has 0 aliphatic rings. The number of nitrogens with one attached hydrogen (secondary N) is 1. The molecule has 2 aromatic rings. The molecule has 0 unspecified atom stereocenters. The molecule has 118 valence electrons. The van der Waals surface area contributed by atoms with Crippen LogP contribution in [0.4, 0.5) is 0 Å². The standard InChI is InChI=1S/C18H25N3O/c1-13(2)21(12-16-8-6-5-7-9-16)18(22)11-10-17-14(3)19-20-15(17)4/h5-9,13H,10-12H2,1-4H3,(H,19,20). The molecule has 0 radical (unpaired) electrons. The van der Waals surface area contributed by atoms with Gasteiger partial charge in [-0.1, -0.05) is 30.3 Å². The lowest BCUT2D eigenvalue weighted by Gasteiger charge is -2.27. The maximum absolute atomic E-state index is 12.6. The highest BCUT2D eigenvalue weighted by Gasteiger charge is 2.18. The van der Waals surface area contributed by atoms with Crippen molar-refractivity contribution in [3.05, 3.63) is 52.8 Å². The van der Waals surface area contributed by atoms with Gasteiger partial charge in [0.2, 0.25) is 5.91 Å². The Bertz CT molecular complexity index is 597. The number of nitrogens with zero attached hydrogens (tertiary/aromatic N) is 2. The number of aryl methyl sites for hydroxylation is 2. The highest BCUT2D eigenvalue weighted by molar-refractivity contribution is 5.76. The van der Waals surface area contributed by atoms with Crippen LogP contribution in [0.5, 0.6) is 0 Å². The predicted octanol–water partition coefficient (Wildman–Crippen LogP) is 3.40. The van der Waals surface area contributed by atoms with Gasteiger partial charge in [-0.2, -0.15) is 5.10 Å². The molecular weight excluding hydrogens is 274 g/mol. The van der Waals surface area contributed by atoms with Crippen LogP contribution in [-0.4, -0.2) is 27.0 Å². The molecule has 4 heteroatoms. The molecule has 0 atom stereocenters. The van der Waals surface area contributed by atoms with E-state index in [0.717, 1.165) is 23.4 Å². The molecule has 0 fully saturated rings. The molecule has 1 aromatic carbocycles. The number of aromatic amines is 1. The van der Waals surface area contributed by atoms with Crippen molar-refractivity contribution in [3.63, 3.8) is 0 Å². The van der Waals surface area contributed by atoms with Gasteiger partial charge >= 0.3 is 0 Å². The maximum Gasteiger partial charge on any atom is 0.223 e. The fraction of sp³-hybridized carbons (Fsp3) is 0.444. The van der Waals surface area contributed by atoms with E-state index in [1.807, 2.05) is 36.9 Å². The van der Waals surface area contributed by atoms with Crippen LogP contribution in [0.3, 0.4) is 0 Å². The smallest absolute Gasteiger partial charge is 0.223 e. The quantitative estimate of drug-likeness (QED) is 0.888. The van der Waals surface area contributed by atoms with Crippen LogP contribution in [0.2, 0.25) is 0 Å². The second-order valence-electron chi connectivity index (χ2n) is 6.01. The lowest BCUT2D eigenvalue weighted by atomic mass is 10.1. The first-order valence-corrected chi connectivity index (χ1v) is 7.83. The van der Waals surface area contributed by atoms with Gasteiger partial charge in [-0.25, -0.2) is 0 Å². The molecule has 4 nitrogen and oxygen atoms in total. The number of benzene rings is 1. The summed E-state index contributed by atoms with van der Waals surface area (Å²) in [6.45, 7) is 8.78. The van der Waals surface area contributed by atoms with Crippen LogP contribution in [0, 0.1) is 13.8 Å². The molecule has 0 saturated heterocycles. The van der Waals surface area contributed by atoms with E-state index >= 15 is 0 Å². The molecule has 1 heterocycles. The van der Waals surface area contributed by atoms with Crippen molar-refractivity contribution in [2.24, 2.45) is 0 Å². The van der Waals surface area contributed by atoms with Crippen molar-refractivity contribution < 1.29 is 4.79 Å². The van der Waals surface area contributed by atoms with Gasteiger partial charge in [-0.3, -0.25) is 9.89 Å². The summed E-state index contributed by atoms with van der Waals surface area (Å²) in [5.41, 5.74) is 4.38. The monoisotopic (exact) mass is 299 g/mol. The third kappa shape index (κ3) is 3.97. The van der Waals surface area contributed by atoms with Gasteiger partial charge in [0.25, 0.3) is 0 Å². The summed E-state index contributed by atoms with van der Waals surface area (Å²) in [5.74, 6) is 0.193. The lowest BCUT2D eigenvalue weighted by molar-refractivity contribution is -0.133. The molecule has 22 heavy (non-hydrogen) atoms. The van der Waals surface area contributed by atoms with Crippen LogP contribution >= 0.6 is 0 Å². The Balaban J connectivity index is 2.01. The van der Waals surface area contributed by atoms with E-state index in [1.165, 1.54) is 5.56 Å². The molecular formula is C18H25N3O. The van der Waals surface area contributed by atoms with E-state index in [4.69, 9.17) is 0 Å². The Labute approximate surface area is 132 Å². The van der Waals surface area contributed by atoms with Crippen LogP contribution in [0.1, 0.15) is 42.8 Å². The van der Waals surface area contributed by atoms with Crippen molar-refractivity contribution in [3.8, 4) is 0 Å². The molecule has 1 aromatic heterocycles. The number of hydrogen-bond donors (Lipinski definition) is 1. The topological polar surface area (TPSA) is 49.0 Å². The fourth-order valence-corrected chi connectivity index (χ4v) is 2.66. The number of carbonyl (C=O) groups excluding carboxylic acids is 1. The normalized spacial score (nSPS) is 11.0. The maximum atomic E-state index is 12.6. The van der Waals surface area contributed by atoms with Gasteiger partial charge in [0, 0.05) is 24.7 Å². The summed E-state index contributed by atoms with van der Waals surface area (Å²) in [6.07, 6.45) is 1.26. The number of amides is 1. The van der Waals surface area contributed by atoms with Crippen LogP contribution in [0.25, 0.3) is 0 Å². The first-order chi connectivity index (χ1) is 10.5. The van der Waals surface area contributed by atoms with Crippen LogP contribution < -0.4 is 0 Å². The van der Waals surface area contributed by atoms with Gasteiger partial charge in [0.1, 0.15) is 0 Å². The van der Waals surface area contributed by atoms with E-state index in [2.05, 4.69) is 36.2 Å². The summed E-state index contributed by atoms with van der Waals surface area (Å²) in [6, 6.07) is 10.3. The SMILES string of the molecule is Cc1n[nH]c(C)c1CCC(=O)N(Cc1ccccc1)C(C)C. The molecule has 0 bridgehead atoms. The third-order valence-corrected chi connectivity index (χ3v) is 4.01. The summed E-state index contributed by atoms with van der Waals surface area (Å²) < 4.78 is 0. The highest BCUT2D eigenvalue weighted by atomic mass is 16.2. The van der Waals surface area contributed by atoms with Crippen LogP contribution in [0.15, 0.2) is 30.3 Å². The summed E-state index contributed by atoms with van der Waals surface area (Å²) >= 11 is 0. The molecule has 0 saturated carbocycles. The molecule has 1 amide bonds. The van der Waals surface area contributed by atoms with E-state index in [-0.39, 0.29) is 11.9 Å². The minimum absolute atomic E-state index is 0.193. The Morgan fingerprint density at radius 1 is 1.23 bits per heavy atom. The number of H-pyrrole nitrogens is 1.